The molecule has 0 spiro atoms. The number of nitrogens with two attached hydrogens (primary N) is 1. The summed E-state index contributed by atoms with van der Waals surface area (Å²) in [6.45, 7) is 0.175. The van der Waals surface area contributed by atoms with Crippen molar-refractivity contribution in [1.29, 1.82) is 0 Å². The van der Waals surface area contributed by atoms with E-state index in [1.54, 1.807) is 18.4 Å². The van der Waals surface area contributed by atoms with Crippen LogP contribution in [-0.4, -0.2) is 15.5 Å². The lowest BCUT2D eigenvalue weighted by molar-refractivity contribution is -0.118. The lowest BCUT2D eigenvalue weighted by Crippen LogP contribution is -2.26. The normalized spacial score (nSPS) is 11.1. The molecule has 3 aromatic heterocycles. The largest absolute Gasteiger partial charge is 0.464 e. The molecule has 4 aromatic rings. The Labute approximate surface area is 152 Å². The Bertz CT molecular complexity index is 1130. The zero-order chi connectivity index (χ0) is 18.1. The Morgan fingerprint density at radius 1 is 1.19 bits per heavy atom. The van der Waals surface area contributed by atoms with Gasteiger partial charge in [-0.25, -0.2) is 4.98 Å². The van der Waals surface area contributed by atoms with Crippen molar-refractivity contribution in [3.05, 3.63) is 64.5 Å². The van der Waals surface area contributed by atoms with Gasteiger partial charge in [0.25, 0.3) is 5.56 Å². The van der Waals surface area contributed by atoms with Gasteiger partial charge in [-0.2, -0.15) is 0 Å². The lowest BCUT2D eigenvalue weighted by Gasteiger charge is -2.12. The Morgan fingerprint density at radius 2 is 2.00 bits per heavy atom. The van der Waals surface area contributed by atoms with Crippen LogP contribution in [0.3, 0.4) is 0 Å². The van der Waals surface area contributed by atoms with Gasteiger partial charge in [0.2, 0.25) is 5.91 Å². The standard InChI is InChI=1S/C19H15N3O3S/c20-15(23)8-9-22-17(12-5-2-1-3-6-12)21-18-16(19(22)24)13(11-26-18)14-7-4-10-25-14/h1-7,10-11H,8-9H2,(H2,20,23). The molecule has 1 amide bonds. The molecular formula is C19H15N3O3S. The molecule has 3 heterocycles. The van der Waals surface area contributed by atoms with Gasteiger partial charge in [-0.15, -0.1) is 11.3 Å². The Kier molecular flexibility index (Phi) is 4.14. The van der Waals surface area contributed by atoms with Crippen molar-refractivity contribution < 1.29 is 9.21 Å². The number of rotatable bonds is 5. The average Bonchev–Trinajstić information content (AvgIpc) is 3.30. The summed E-state index contributed by atoms with van der Waals surface area (Å²) < 4.78 is 6.97. The number of nitrogens with zero attached hydrogens (tertiary/aromatic N) is 2. The van der Waals surface area contributed by atoms with Crippen molar-refractivity contribution in [2.45, 2.75) is 13.0 Å². The zero-order valence-corrected chi connectivity index (χ0v) is 14.5. The number of amides is 1. The van der Waals surface area contributed by atoms with E-state index in [0.29, 0.717) is 27.4 Å². The second-order valence-corrected chi connectivity index (χ2v) is 6.64. The van der Waals surface area contributed by atoms with Crippen LogP contribution in [0, 0.1) is 0 Å². The molecule has 0 atom stereocenters. The summed E-state index contributed by atoms with van der Waals surface area (Å²) >= 11 is 1.39. The summed E-state index contributed by atoms with van der Waals surface area (Å²) in [5.74, 6) is 0.675. The van der Waals surface area contributed by atoms with Gasteiger partial charge in [-0.3, -0.25) is 14.2 Å². The van der Waals surface area contributed by atoms with Crippen molar-refractivity contribution in [2.24, 2.45) is 5.73 Å². The summed E-state index contributed by atoms with van der Waals surface area (Å²) in [5, 5.41) is 2.36. The van der Waals surface area contributed by atoms with Crippen LogP contribution < -0.4 is 11.3 Å². The summed E-state index contributed by atoms with van der Waals surface area (Å²) in [5.41, 5.74) is 6.60. The van der Waals surface area contributed by atoms with E-state index in [9.17, 15) is 9.59 Å². The van der Waals surface area contributed by atoms with Gasteiger partial charge in [-0.1, -0.05) is 30.3 Å². The summed E-state index contributed by atoms with van der Waals surface area (Å²) in [4.78, 5) is 29.9. The molecule has 0 bridgehead atoms. The molecule has 0 saturated heterocycles. The number of primary amides is 1. The highest BCUT2D eigenvalue weighted by molar-refractivity contribution is 7.17. The van der Waals surface area contributed by atoms with Gasteiger partial charge in [-0.05, 0) is 12.1 Å². The maximum Gasteiger partial charge on any atom is 0.263 e. The first kappa shape index (κ1) is 16.3. The molecule has 0 radical (unpaired) electrons. The minimum Gasteiger partial charge on any atom is -0.464 e. The first-order valence-electron chi connectivity index (χ1n) is 8.05. The highest BCUT2D eigenvalue weighted by atomic mass is 32.1. The maximum atomic E-state index is 13.2. The molecule has 0 fully saturated rings. The number of hydrogen-bond donors (Lipinski definition) is 1. The first-order chi connectivity index (χ1) is 12.6. The van der Waals surface area contributed by atoms with E-state index < -0.39 is 5.91 Å². The predicted octanol–water partition coefficient (Wildman–Crippen LogP) is 3.26. The molecule has 0 aliphatic carbocycles. The number of furan rings is 1. The third kappa shape index (κ3) is 2.82. The van der Waals surface area contributed by atoms with Crippen molar-refractivity contribution in [1.82, 2.24) is 9.55 Å². The quantitative estimate of drug-likeness (QED) is 0.588. The molecule has 2 N–H and O–H groups in total. The Hall–Kier alpha value is -3.19. The fraction of sp³-hybridized carbons (Fsp3) is 0.105. The van der Waals surface area contributed by atoms with Crippen LogP contribution in [0.4, 0.5) is 0 Å². The molecular weight excluding hydrogens is 350 g/mol. The smallest absolute Gasteiger partial charge is 0.263 e. The van der Waals surface area contributed by atoms with Gasteiger partial charge < -0.3 is 10.2 Å². The van der Waals surface area contributed by atoms with Crippen molar-refractivity contribution in [3.8, 4) is 22.7 Å². The van der Waals surface area contributed by atoms with E-state index in [4.69, 9.17) is 15.1 Å². The highest BCUT2D eigenvalue weighted by Crippen LogP contribution is 2.32. The first-order valence-corrected chi connectivity index (χ1v) is 8.93. The fourth-order valence-electron chi connectivity index (χ4n) is 2.87. The Balaban J connectivity index is 1.98. The van der Waals surface area contributed by atoms with E-state index in [-0.39, 0.29) is 18.5 Å². The lowest BCUT2D eigenvalue weighted by atomic mass is 10.1. The highest BCUT2D eigenvalue weighted by Gasteiger charge is 2.19. The summed E-state index contributed by atoms with van der Waals surface area (Å²) in [6.07, 6.45) is 1.63. The third-order valence-electron chi connectivity index (χ3n) is 4.09. The predicted molar refractivity (Wildman–Crippen MR) is 101 cm³/mol. The van der Waals surface area contributed by atoms with Crippen LogP contribution >= 0.6 is 11.3 Å². The number of hydrogen-bond acceptors (Lipinski definition) is 5. The molecule has 130 valence electrons. The van der Waals surface area contributed by atoms with E-state index in [1.807, 2.05) is 35.7 Å². The zero-order valence-electron chi connectivity index (χ0n) is 13.7. The number of aromatic nitrogens is 2. The van der Waals surface area contributed by atoms with Crippen molar-refractivity contribution in [3.63, 3.8) is 0 Å². The average molecular weight is 365 g/mol. The van der Waals surface area contributed by atoms with Crippen LogP contribution in [-0.2, 0) is 11.3 Å². The second-order valence-electron chi connectivity index (χ2n) is 5.78. The van der Waals surface area contributed by atoms with Crippen molar-refractivity contribution >= 4 is 27.5 Å². The van der Waals surface area contributed by atoms with Gasteiger partial charge in [0.1, 0.15) is 16.4 Å². The Morgan fingerprint density at radius 3 is 2.69 bits per heavy atom. The van der Waals surface area contributed by atoms with Crippen LogP contribution in [0.25, 0.3) is 32.9 Å². The van der Waals surface area contributed by atoms with Crippen LogP contribution in [0.15, 0.2) is 63.3 Å². The SMILES string of the molecule is NC(=O)CCn1c(-c2ccccc2)nc2scc(-c3ccco3)c2c1=O. The van der Waals surface area contributed by atoms with E-state index >= 15 is 0 Å². The molecule has 0 aliphatic rings. The van der Waals surface area contributed by atoms with Crippen LogP contribution in [0.5, 0.6) is 0 Å². The molecule has 26 heavy (non-hydrogen) atoms. The number of fused-ring (bicyclic) bond motifs is 1. The monoisotopic (exact) mass is 365 g/mol. The second kappa shape index (κ2) is 6.61. The van der Waals surface area contributed by atoms with Gasteiger partial charge >= 0.3 is 0 Å². The van der Waals surface area contributed by atoms with Crippen molar-refractivity contribution in [2.75, 3.05) is 0 Å². The molecule has 0 unspecified atom stereocenters. The topological polar surface area (TPSA) is 91.1 Å². The van der Waals surface area contributed by atoms with Crippen LogP contribution in [0.2, 0.25) is 0 Å². The minimum absolute atomic E-state index is 0.0626. The maximum absolute atomic E-state index is 13.2. The van der Waals surface area contributed by atoms with Gasteiger partial charge in [0.15, 0.2) is 0 Å². The number of thiophene rings is 1. The number of benzene rings is 1. The third-order valence-corrected chi connectivity index (χ3v) is 4.97. The number of carbonyl (C=O) groups is 1. The van der Waals surface area contributed by atoms with E-state index in [0.717, 1.165) is 5.56 Å². The molecule has 6 nitrogen and oxygen atoms in total. The molecule has 4 rings (SSSR count). The fourth-order valence-corrected chi connectivity index (χ4v) is 3.79. The van der Waals surface area contributed by atoms with E-state index in [1.165, 1.54) is 15.9 Å². The van der Waals surface area contributed by atoms with Gasteiger partial charge in [0.05, 0.1) is 11.6 Å². The molecule has 1 aromatic carbocycles. The van der Waals surface area contributed by atoms with E-state index in [2.05, 4.69) is 0 Å². The van der Waals surface area contributed by atoms with Gasteiger partial charge in [0, 0.05) is 29.5 Å². The molecule has 0 saturated carbocycles. The number of carbonyl (C=O) groups excluding carboxylic acids is 1. The van der Waals surface area contributed by atoms with Crippen LogP contribution in [0.1, 0.15) is 6.42 Å². The minimum atomic E-state index is -0.465. The summed E-state index contributed by atoms with van der Waals surface area (Å²) in [6, 6.07) is 13.0. The molecule has 0 aliphatic heterocycles. The summed E-state index contributed by atoms with van der Waals surface area (Å²) in [7, 11) is 0. The molecule has 7 heteroatoms.